The normalized spacial score (nSPS) is 17.0. The molecule has 45 heavy (non-hydrogen) atoms. The number of benzene rings is 3. The van der Waals surface area contributed by atoms with Gasteiger partial charge in [-0.15, -0.1) is 0 Å². The third-order valence-electron chi connectivity index (χ3n) is 8.90. The van der Waals surface area contributed by atoms with Gasteiger partial charge >= 0.3 is 6.03 Å². The summed E-state index contributed by atoms with van der Waals surface area (Å²) in [4.78, 5) is 28.3. The minimum absolute atomic E-state index is 0.122. The van der Waals surface area contributed by atoms with Gasteiger partial charge in [-0.05, 0) is 111 Å². The zero-order valence-corrected chi connectivity index (χ0v) is 24.9. The first-order valence-electron chi connectivity index (χ1n) is 14.8. The van der Waals surface area contributed by atoms with Crippen molar-refractivity contribution in [3.05, 3.63) is 100 Å². The first-order chi connectivity index (χ1) is 21.6. The van der Waals surface area contributed by atoms with Gasteiger partial charge < -0.3 is 21.1 Å². The van der Waals surface area contributed by atoms with Crippen LogP contribution in [0.3, 0.4) is 0 Å². The van der Waals surface area contributed by atoms with Crippen LogP contribution in [0.2, 0.25) is 0 Å². The molecule has 0 saturated carbocycles. The molecule has 2 saturated heterocycles. The van der Waals surface area contributed by atoms with E-state index in [0.717, 1.165) is 35.3 Å². The number of hydrogen-bond acceptors (Lipinski definition) is 7. The lowest BCUT2D eigenvalue weighted by Crippen LogP contribution is -2.53. The molecule has 7 rings (SSSR count). The number of halogens is 1. The molecule has 0 unspecified atom stereocenters. The summed E-state index contributed by atoms with van der Waals surface area (Å²) < 4.78 is 21.3. The summed E-state index contributed by atoms with van der Waals surface area (Å²) in [7, 11) is 0. The average molecular weight is 606 g/mol. The second kappa shape index (κ2) is 10.7. The lowest BCUT2D eigenvalue weighted by Gasteiger charge is -2.33. The number of allylic oxidation sites excluding steroid dienone is 1. The molecule has 2 amide bonds. The van der Waals surface area contributed by atoms with Gasteiger partial charge in [0.25, 0.3) is 0 Å². The Bertz CT molecular complexity index is 1940. The highest BCUT2D eigenvalue weighted by Crippen LogP contribution is 2.38. The molecule has 3 heterocycles. The number of nitrogens with one attached hydrogen (secondary N) is 3. The van der Waals surface area contributed by atoms with E-state index >= 15 is 0 Å². The molecule has 2 fully saturated rings. The van der Waals surface area contributed by atoms with Crippen LogP contribution in [0.5, 0.6) is 11.5 Å². The fraction of sp³-hybridized carbons (Fsp3) is 0.235. The number of carbonyl (C=O) groups excluding carboxylic acids is 2. The maximum Gasteiger partial charge on any atom is 0.328 e. The second-order valence-corrected chi connectivity index (χ2v) is 11.8. The molecule has 3 aliphatic rings. The number of nitrogens with zero attached hydrogens (tertiary/aromatic N) is 3. The molecular formula is C34H32FN7O3. The first kappa shape index (κ1) is 28.5. The topological polar surface area (TPSA) is 138 Å². The van der Waals surface area contributed by atoms with Crippen LogP contribution in [0.1, 0.15) is 45.5 Å². The van der Waals surface area contributed by atoms with E-state index in [9.17, 15) is 14.0 Å². The van der Waals surface area contributed by atoms with E-state index < -0.39 is 11.4 Å². The van der Waals surface area contributed by atoms with E-state index in [4.69, 9.17) is 15.9 Å². The minimum Gasteiger partial charge on any atom is -0.454 e. The molecule has 0 bridgehead atoms. The van der Waals surface area contributed by atoms with Crippen molar-refractivity contribution < 1.29 is 18.7 Å². The van der Waals surface area contributed by atoms with Gasteiger partial charge in [0.2, 0.25) is 0 Å². The number of fused-ring (bicyclic) bond motifs is 1. The lowest BCUT2D eigenvalue weighted by molar-refractivity contribution is 0.103. The van der Waals surface area contributed by atoms with Crippen molar-refractivity contribution in [2.24, 2.45) is 0 Å². The number of ketones is 1. The predicted molar refractivity (Wildman–Crippen MR) is 170 cm³/mol. The number of ether oxygens (including phenoxy) is 1. The summed E-state index contributed by atoms with van der Waals surface area (Å²) in [5, 5.41) is 19.7. The largest absolute Gasteiger partial charge is 0.454 e. The Morgan fingerprint density at radius 1 is 1.07 bits per heavy atom. The molecule has 1 spiro atoms. The van der Waals surface area contributed by atoms with Gasteiger partial charge in [-0.25, -0.2) is 18.8 Å². The van der Waals surface area contributed by atoms with Crippen molar-refractivity contribution >= 4 is 35.2 Å². The Kier molecular flexibility index (Phi) is 6.77. The third kappa shape index (κ3) is 4.76. The number of urea groups is 1. The number of nitrogens with two attached hydrogens (primary N) is 1. The first-order valence-corrected chi connectivity index (χ1v) is 14.8. The molecule has 228 valence electrons. The van der Waals surface area contributed by atoms with Crippen molar-refractivity contribution in [3.8, 4) is 17.2 Å². The minimum atomic E-state index is -0.656. The molecule has 0 radical (unpaired) electrons. The molecule has 0 atom stereocenters. The van der Waals surface area contributed by atoms with Crippen molar-refractivity contribution in [1.82, 2.24) is 20.4 Å². The maximum atomic E-state index is 14.1. The molecule has 11 heteroatoms. The predicted octanol–water partition coefficient (Wildman–Crippen LogP) is 5.45. The highest BCUT2D eigenvalue weighted by Gasteiger charge is 2.49. The summed E-state index contributed by atoms with van der Waals surface area (Å²) in [6, 6.07) is 15.0. The number of rotatable bonds is 6. The number of amidine groups is 1. The highest BCUT2D eigenvalue weighted by molar-refractivity contribution is 6.25. The second-order valence-electron chi connectivity index (χ2n) is 11.8. The molecule has 1 aliphatic carbocycles. The van der Waals surface area contributed by atoms with E-state index in [-0.39, 0.29) is 34.8 Å². The van der Waals surface area contributed by atoms with Crippen LogP contribution < -0.4 is 26.0 Å². The molecular weight excluding hydrogens is 573 g/mol. The Morgan fingerprint density at radius 3 is 2.58 bits per heavy atom. The number of carbonyl (C=O) groups is 2. The van der Waals surface area contributed by atoms with Crippen molar-refractivity contribution in [3.63, 3.8) is 0 Å². The number of Topliss-reactive ketones (excluding diaryl/α,β-unsaturated/α-hetero) is 1. The van der Waals surface area contributed by atoms with Gasteiger partial charge in [0.1, 0.15) is 22.9 Å². The van der Waals surface area contributed by atoms with Gasteiger partial charge in [-0.2, -0.15) is 5.10 Å². The summed E-state index contributed by atoms with van der Waals surface area (Å²) in [6.07, 6.45) is 5.02. The van der Waals surface area contributed by atoms with E-state index in [2.05, 4.69) is 15.7 Å². The monoisotopic (exact) mass is 605 g/mol. The van der Waals surface area contributed by atoms with E-state index in [1.165, 1.54) is 21.8 Å². The van der Waals surface area contributed by atoms with Crippen LogP contribution in [-0.4, -0.2) is 46.1 Å². The molecule has 1 aromatic heterocycles. The lowest BCUT2D eigenvalue weighted by atomic mass is 9.88. The number of aryl methyl sites for hydroxylation is 2. The number of aromatic nitrogens is 2. The molecule has 2 aliphatic heterocycles. The van der Waals surface area contributed by atoms with Crippen LogP contribution in [0.25, 0.3) is 11.8 Å². The number of anilines is 2. The van der Waals surface area contributed by atoms with E-state index in [1.807, 2.05) is 32.1 Å². The van der Waals surface area contributed by atoms with Crippen LogP contribution >= 0.6 is 0 Å². The highest BCUT2D eigenvalue weighted by atomic mass is 19.1. The van der Waals surface area contributed by atoms with E-state index in [0.29, 0.717) is 42.0 Å². The third-order valence-corrected chi connectivity index (χ3v) is 8.90. The van der Waals surface area contributed by atoms with Gasteiger partial charge in [-0.1, -0.05) is 12.1 Å². The van der Waals surface area contributed by atoms with Crippen LogP contribution in [-0.2, 0) is 6.42 Å². The van der Waals surface area contributed by atoms with Gasteiger partial charge in [0, 0.05) is 12.0 Å². The van der Waals surface area contributed by atoms with Crippen molar-refractivity contribution in [2.45, 2.75) is 38.6 Å². The summed E-state index contributed by atoms with van der Waals surface area (Å²) in [6.45, 7) is 5.25. The fourth-order valence-electron chi connectivity index (χ4n) is 6.44. The van der Waals surface area contributed by atoms with Crippen molar-refractivity contribution in [2.75, 3.05) is 23.7 Å². The molecule has 5 N–H and O–H groups in total. The average Bonchev–Trinajstić information content (AvgIpc) is 3.67. The summed E-state index contributed by atoms with van der Waals surface area (Å²) in [5.41, 5.74) is 11.4. The van der Waals surface area contributed by atoms with Crippen molar-refractivity contribution in [1.29, 1.82) is 5.41 Å². The molecule has 3 aromatic carbocycles. The van der Waals surface area contributed by atoms with Gasteiger partial charge in [-0.3, -0.25) is 10.2 Å². The fourth-order valence-corrected chi connectivity index (χ4v) is 6.44. The maximum absolute atomic E-state index is 14.1. The van der Waals surface area contributed by atoms with Gasteiger partial charge in [0.05, 0.1) is 23.1 Å². The smallest absolute Gasteiger partial charge is 0.328 e. The number of amides is 2. The van der Waals surface area contributed by atoms with Crippen LogP contribution in [0.4, 0.5) is 20.7 Å². The number of piperidine rings is 1. The SMILES string of the molecule is Cc1cc2c(cc1N1C(=N)C3(CCNCC3)NC1=O)CC(C(=O)c1cnn(-c3ccc(Oc4ccccc4F)cc3C)c1N)=C2. The number of para-hydroxylation sites is 1. The van der Waals surface area contributed by atoms with E-state index in [1.54, 1.807) is 36.4 Å². The summed E-state index contributed by atoms with van der Waals surface area (Å²) >= 11 is 0. The number of hydrogen-bond donors (Lipinski definition) is 4. The zero-order chi connectivity index (χ0) is 31.5. The van der Waals surface area contributed by atoms with Crippen LogP contribution in [0, 0.1) is 25.1 Å². The standard InChI is InChI=1S/C34H32FN7O3/c1-19-13-21-15-23(16-22(21)17-28(19)41-32(37)34(40-33(41)44)9-11-38-12-10-34)30(43)25-18-39-42(31(25)36)27-8-7-24(14-20(27)2)45-29-6-4-3-5-26(29)35/h3-8,13-15,17-18,37-38H,9-12,16,36H2,1-2H3,(H,40,44). The Morgan fingerprint density at radius 2 is 1.82 bits per heavy atom. The zero-order valence-electron chi connectivity index (χ0n) is 24.9. The molecule has 4 aromatic rings. The Hall–Kier alpha value is -5.29. The Labute approximate surface area is 259 Å². The Balaban J connectivity index is 1.11. The quantitative estimate of drug-likeness (QED) is 0.216. The van der Waals surface area contributed by atoms with Crippen LogP contribution in [0.15, 0.2) is 66.4 Å². The summed E-state index contributed by atoms with van der Waals surface area (Å²) in [5.74, 6) is 0.360. The molecule has 10 nitrogen and oxygen atoms in total. The van der Waals surface area contributed by atoms with Gasteiger partial charge in [0.15, 0.2) is 17.3 Å². The number of nitrogen functional groups attached to an aromatic ring is 1.